The molecule has 82 valence electrons. The Hall–Kier alpha value is -0.340. The molecule has 0 saturated carbocycles. The van der Waals surface area contributed by atoms with E-state index in [2.05, 4.69) is 18.8 Å². The second-order valence-corrected chi connectivity index (χ2v) is 4.23. The summed E-state index contributed by atoms with van der Waals surface area (Å²) >= 11 is 0. The quantitative estimate of drug-likeness (QED) is 0.522. The van der Waals surface area contributed by atoms with Crippen molar-refractivity contribution >= 4 is 0 Å². The lowest BCUT2D eigenvalue weighted by Gasteiger charge is -2.22. The summed E-state index contributed by atoms with van der Waals surface area (Å²) in [5.41, 5.74) is 1.26. The van der Waals surface area contributed by atoms with Crippen molar-refractivity contribution in [3.05, 3.63) is 12.2 Å². The van der Waals surface area contributed by atoms with Gasteiger partial charge in [-0.3, -0.25) is 0 Å². The summed E-state index contributed by atoms with van der Waals surface area (Å²) in [6.07, 6.45) is 6.61. The summed E-state index contributed by atoms with van der Waals surface area (Å²) in [6.45, 7) is 9.06. The third kappa shape index (κ3) is 5.40. The summed E-state index contributed by atoms with van der Waals surface area (Å²) in [5.74, 6) is 0. The van der Waals surface area contributed by atoms with Gasteiger partial charge in [-0.2, -0.15) is 0 Å². The monoisotopic (exact) mass is 197 g/mol. The maximum Gasteiger partial charge on any atom is 0.0587 e. The van der Waals surface area contributed by atoms with Gasteiger partial charge in [0.25, 0.3) is 0 Å². The Morgan fingerprint density at radius 2 is 2.29 bits per heavy atom. The minimum Gasteiger partial charge on any atom is -0.378 e. The molecule has 2 nitrogen and oxygen atoms in total. The van der Waals surface area contributed by atoms with Gasteiger partial charge >= 0.3 is 0 Å². The lowest BCUT2D eigenvalue weighted by Crippen LogP contribution is -2.25. The van der Waals surface area contributed by atoms with Crippen LogP contribution in [0.1, 0.15) is 39.0 Å². The first kappa shape index (κ1) is 11.7. The van der Waals surface area contributed by atoms with E-state index >= 15 is 0 Å². The third-order valence-electron chi connectivity index (χ3n) is 2.65. The van der Waals surface area contributed by atoms with Crippen LogP contribution < -0.4 is 5.32 Å². The van der Waals surface area contributed by atoms with E-state index < -0.39 is 0 Å². The Bertz CT molecular complexity index is 162. The fraction of sp³-hybridized carbons (Fsp3) is 0.833. The highest BCUT2D eigenvalue weighted by Crippen LogP contribution is 2.14. The topological polar surface area (TPSA) is 21.3 Å². The zero-order valence-corrected chi connectivity index (χ0v) is 9.35. The van der Waals surface area contributed by atoms with Gasteiger partial charge < -0.3 is 10.1 Å². The van der Waals surface area contributed by atoms with Gasteiger partial charge in [-0.05, 0) is 52.1 Å². The van der Waals surface area contributed by atoms with Crippen LogP contribution in [-0.2, 0) is 4.74 Å². The Balaban J connectivity index is 1.90. The Kier molecular flexibility index (Phi) is 5.88. The van der Waals surface area contributed by atoms with Gasteiger partial charge in [-0.15, -0.1) is 6.58 Å². The van der Waals surface area contributed by atoms with Crippen molar-refractivity contribution in [1.82, 2.24) is 5.32 Å². The van der Waals surface area contributed by atoms with E-state index in [0.717, 1.165) is 32.5 Å². The summed E-state index contributed by atoms with van der Waals surface area (Å²) in [6, 6.07) is 0. The molecular weight excluding hydrogens is 174 g/mol. The van der Waals surface area contributed by atoms with Gasteiger partial charge in [-0.1, -0.05) is 5.57 Å². The van der Waals surface area contributed by atoms with Crippen LogP contribution in [-0.4, -0.2) is 25.8 Å². The highest BCUT2D eigenvalue weighted by molar-refractivity contribution is 4.88. The van der Waals surface area contributed by atoms with E-state index in [1.165, 1.54) is 24.8 Å². The summed E-state index contributed by atoms with van der Waals surface area (Å²) in [5, 5.41) is 3.42. The highest BCUT2D eigenvalue weighted by atomic mass is 16.5. The van der Waals surface area contributed by atoms with E-state index in [4.69, 9.17) is 4.74 Å². The van der Waals surface area contributed by atoms with Crippen molar-refractivity contribution in [1.29, 1.82) is 0 Å². The molecule has 0 radical (unpaired) electrons. The summed E-state index contributed by atoms with van der Waals surface area (Å²) < 4.78 is 5.65. The number of nitrogens with one attached hydrogen (secondary N) is 1. The minimum absolute atomic E-state index is 0.515. The average molecular weight is 197 g/mol. The van der Waals surface area contributed by atoms with Crippen molar-refractivity contribution in [2.75, 3.05) is 19.7 Å². The summed E-state index contributed by atoms with van der Waals surface area (Å²) in [4.78, 5) is 0. The first-order valence-corrected chi connectivity index (χ1v) is 5.76. The average Bonchev–Trinajstić information content (AvgIpc) is 2.18. The van der Waals surface area contributed by atoms with E-state index in [1.807, 2.05) is 0 Å². The SMILES string of the molecule is C=C(C)CCNCCC1CCCCO1. The van der Waals surface area contributed by atoms with Gasteiger partial charge in [-0.25, -0.2) is 0 Å². The molecule has 0 bridgehead atoms. The third-order valence-corrected chi connectivity index (χ3v) is 2.65. The van der Waals surface area contributed by atoms with Gasteiger partial charge in [0, 0.05) is 6.61 Å². The van der Waals surface area contributed by atoms with Crippen LogP contribution in [0, 0.1) is 0 Å². The number of hydrogen-bond donors (Lipinski definition) is 1. The van der Waals surface area contributed by atoms with Crippen LogP contribution in [0.5, 0.6) is 0 Å². The van der Waals surface area contributed by atoms with E-state index in [1.54, 1.807) is 0 Å². The van der Waals surface area contributed by atoms with Crippen molar-refractivity contribution in [2.24, 2.45) is 0 Å². The number of ether oxygens (including phenoxy) is 1. The predicted octanol–water partition coefficient (Wildman–Crippen LogP) is 2.50. The van der Waals surface area contributed by atoms with Crippen LogP contribution in [0.25, 0.3) is 0 Å². The second-order valence-electron chi connectivity index (χ2n) is 4.23. The molecule has 0 amide bonds. The molecule has 1 N–H and O–H groups in total. The molecule has 0 spiro atoms. The van der Waals surface area contributed by atoms with Gasteiger partial charge in [0.1, 0.15) is 0 Å². The normalized spacial score (nSPS) is 22.2. The zero-order valence-electron chi connectivity index (χ0n) is 9.35. The molecule has 1 saturated heterocycles. The molecule has 1 atom stereocenters. The molecular formula is C12H23NO. The van der Waals surface area contributed by atoms with Crippen molar-refractivity contribution < 1.29 is 4.74 Å². The molecule has 1 heterocycles. The lowest BCUT2D eigenvalue weighted by molar-refractivity contribution is 0.0116. The molecule has 0 aromatic rings. The molecule has 0 aromatic heterocycles. The molecule has 1 fully saturated rings. The van der Waals surface area contributed by atoms with Crippen LogP contribution in [0.15, 0.2) is 12.2 Å². The fourth-order valence-corrected chi connectivity index (χ4v) is 1.72. The molecule has 1 aliphatic heterocycles. The van der Waals surface area contributed by atoms with Crippen LogP contribution in [0.2, 0.25) is 0 Å². The Morgan fingerprint density at radius 3 is 2.93 bits per heavy atom. The molecule has 1 aliphatic rings. The maximum absolute atomic E-state index is 5.65. The van der Waals surface area contributed by atoms with Crippen molar-refractivity contribution in [2.45, 2.75) is 45.1 Å². The van der Waals surface area contributed by atoms with E-state index in [-0.39, 0.29) is 0 Å². The van der Waals surface area contributed by atoms with Gasteiger partial charge in [0.05, 0.1) is 6.10 Å². The first-order valence-electron chi connectivity index (χ1n) is 5.76. The lowest BCUT2D eigenvalue weighted by atomic mass is 10.1. The molecule has 0 aromatic carbocycles. The number of hydrogen-bond acceptors (Lipinski definition) is 2. The predicted molar refractivity (Wildman–Crippen MR) is 60.5 cm³/mol. The molecule has 0 aliphatic carbocycles. The maximum atomic E-state index is 5.65. The Morgan fingerprint density at radius 1 is 1.43 bits per heavy atom. The van der Waals surface area contributed by atoms with E-state index in [0.29, 0.717) is 6.10 Å². The largest absolute Gasteiger partial charge is 0.378 e. The molecule has 1 rings (SSSR count). The molecule has 1 unspecified atom stereocenters. The van der Waals surface area contributed by atoms with Crippen LogP contribution in [0.4, 0.5) is 0 Å². The van der Waals surface area contributed by atoms with Crippen molar-refractivity contribution in [3.63, 3.8) is 0 Å². The summed E-state index contributed by atoms with van der Waals surface area (Å²) in [7, 11) is 0. The zero-order chi connectivity index (χ0) is 10.2. The van der Waals surface area contributed by atoms with Gasteiger partial charge in [0.2, 0.25) is 0 Å². The van der Waals surface area contributed by atoms with Crippen LogP contribution >= 0.6 is 0 Å². The second kappa shape index (κ2) is 7.02. The first-order chi connectivity index (χ1) is 6.79. The highest BCUT2D eigenvalue weighted by Gasteiger charge is 2.12. The smallest absolute Gasteiger partial charge is 0.0587 e. The fourth-order valence-electron chi connectivity index (χ4n) is 1.72. The van der Waals surface area contributed by atoms with Gasteiger partial charge in [0.15, 0.2) is 0 Å². The standard InChI is InChI=1S/C12H23NO/c1-11(2)6-8-13-9-7-12-5-3-4-10-14-12/h12-13H,1,3-10H2,2H3. The minimum atomic E-state index is 0.515. The van der Waals surface area contributed by atoms with E-state index in [9.17, 15) is 0 Å². The van der Waals surface area contributed by atoms with Crippen molar-refractivity contribution in [3.8, 4) is 0 Å². The molecule has 14 heavy (non-hydrogen) atoms. The number of rotatable bonds is 6. The molecule has 2 heteroatoms. The Labute approximate surface area is 87.7 Å². The van der Waals surface area contributed by atoms with Crippen LogP contribution in [0.3, 0.4) is 0 Å².